The van der Waals surface area contributed by atoms with Crippen LogP contribution in [-0.4, -0.2) is 17.2 Å². The van der Waals surface area contributed by atoms with Crippen LogP contribution in [0.3, 0.4) is 0 Å². The Kier molecular flexibility index (Phi) is 2.93. The molecule has 0 fully saturated rings. The first kappa shape index (κ1) is 11.5. The number of thiazole rings is 1. The predicted octanol–water partition coefficient (Wildman–Crippen LogP) is 2.71. The predicted molar refractivity (Wildman–Crippen MR) is 68.1 cm³/mol. The van der Waals surface area contributed by atoms with Crippen molar-refractivity contribution in [2.75, 3.05) is 7.11 Å². The molecule has 0 spiro atoms. The van der Waals surface area contributed by atoms with Gasteiger partial charge in [0.25, 0.3) is 0 Å². The van der Waals surface area contributed by atoms with E-state index in [1.165, 1.54) is 0 Å². The minimum atomic E-state index is -0.532. The van der Waals surface area contributed by atoms with Crippen LogP contribution in [0.15, 0.2) is 29.9 Å². The number of ether oxygens (including phenoxy) is 2. The highest BCUT2D eigenvalue weighted by molar-refractivity contribution is 7.09. The van der Waals surface area contributed by atoms with Gasteiger partial charge in [0.05, 0.1) is 23.6 Å². The van der Waals surface area contributed by atoms with Crippen LogP contribution in [0.25, 0.3) is 0 Å². The maximum Gasteiger partial charge on any atom is 0.137 e. The van der Waals surface area contributed by atoms with Crippen molar-refractivity contribution in [1.29, 1.82) is 0 Å². The normalized spacial score (nSPS) is 22.1. The zero-order valence-corrected chi connectivity index (χ0v) is 10.7. The molecule has 1 aromatic carbocycles. The summed E-state index contributed by atoms with van der Waals surface area (Å²) in [6.45, 7) is 0. The second-order valence-electron chi connectivity index (χ2n) is 4.17. The molecular weight excluding hydrogens is 250 g/mol. The standard InChI is InChI=1S/C13H13NO3S/c1-16-8-2-3-11-9(4-8)10(15)5-12(17-11)13-6-14-7-18-13/h2-4,6-7,10,12,15H,5H2,1H3. The van der Waals surface area contributed by atoms with Crippen molar-refractivity contribution in [2.45, 2.75) is 18.6 Å². The lowest BCUT2D eigenvalue weighted by Crippen LogP contribution is -2.18. The fraction of sp³-hybridized carbons (Fsp3) is 0.308. The second-order valence-corrected chi connectivity index (χ2v) is 5.08. The fourth-order valence-corrected chi connectivity index (χ4v) is 2.77. The van der Waals surface area contributed by atoms with Gasteiger partial charge >= 0.3 is 0 Å². The summed E-state index contributed by atoms with van der Waals surface area (Å²) in [4.78, 5) is 5.08. The molecule has 5 heteroatoms. The number of hydrogen-bond donors (Lipinski definition) is 1. The number of hydrogen-bond acceptors (Lipinski definition) is 5. The van der Waals surface area contributed by atoms with Crippen molar-refractivity contribution in [3.63, 3.8) is 0 Å². The second kappa shape index (κ2) is 4.59. The first-order valence-corrected chi connectivity index (χ1v) is 6.57. The Bertz CT molecular complexity index is 541. The minimum absolute atomic E-state index is 0.117. The minimum Gasteiger partial charge on any atom is -0.497 e. The van der Waals surface area contributed by atoms with E-state index in [-0.39, 0.29) is 6.10 Å². The topological polar surface area (TPSA) is 51.6 Å². The van der Waals surface area contributed by atoms with Gasteiger partial charge in [0.15, 0.2) is 0 Å². The Morgan fingerprint density at radius 2 is 2.39 bits per heavy atom. The van der Waals surface area contributed by atoms with E-state index in [0.717, 1.165) is 16.2 Å². The first-order chi connectivity index (χ1) is 8.78. The van der Waals surface area contributed by atoms with E-state index in [2.05, 4.69) is 4.98 Å². The molecule has 1 N–H and O–H groups in total. The van der Waals surface area contributed by atoms with Crippen LogP contribution in [0.1, 0.15) is 29.1 Å². The summed E-state index contributed by atoms with van der Waals surface area (Å²) in [6, 6.07) is 5.49. The van der Waals surface area contributed by atoms with Gasteiger partial charge in [-0.15, -0.1) is 11.3 Å². The average Bonchev–Trinajstić information content (AvgIpc) is 2.92. The number of aliphatic hydroxyl groups excluding tert-OH is 1. The van der Waals surface area contributed by atoms with E-state index in [9.17, 15) is 5.11 Å². The van der Waals surface area contributed by atoms with Crippen LogP contribution >= 0.6 is 11.3 Å². The molecule has 4 nitrogen and oxygen atoms in total. The molecule has 1 aliphatic rings. The molecule has 1 aromatic heterocycles. The highest BCUT2D eigenvalue weighted by Gasteiger charge is 2.29. The Hall–Kier alpha value is -1.59. The molecule has 0 amide bonds. The van der Waals surface area contributed by atoms with Crippen molar-refractivity contribution in [3.05, 3.63) is 40.3 Å². The van der Waals surface area contributed by atoms with E-state index in [4.69, 9.17) is 9.47 Å². The molecule has 2 atom stereocenters. The number of aromatic nitrogens is 1. The molecule has 0 aliphatic carbocycles. The van der Waals surface area contributed by atoms with E-state index in [1.54, 1.807) is 30.2 Å². The van der Waals surface area contributed by atoms with Gasteiger partial charge in [-0.1, -0.05) is 0 Å². The molecular formula is C13H13NO3S. The summed E-state index contributed by atoms with van der Waals surface area (Å²) in [5.74, 6) is 1.44. The van der Waals surface area contributed by atoms with E-state index in [1.807, 2.05) is 18.2 Å². The quantitative estimate of drug-likeness (QED) is 0.905. The summed E-state index contributed by atoms with van der Waals surface area (Å²) in [7, 11) is 1.61. The Labute approximate surface area is 109 Å². The number of methoxy groups -OCH3 is 1. The lowest BCUT2D eigenvalue weighted by atomic mass is 9.98. The van der Waals surface area contributed by atoms with Crippen LogP contribution in [0.2, 0.25) is 0 Å². The van der Waals surface area contributed by atoms with Crippen LogP contribution in [0, 0.1) is 0 Å². The smallest absolute Gasteiger partial charge is 0.137 e. The van der Waals surface area contributed by atoms with Crippen molar-refractivity contribution >= 4 is 11.3 Å². The Balaban J connectivity index is 1.93. The van der Waals surface area contributed by atoms with Gasteiger partial charge < -0.3 is 14.6 Å². The largest absolute Gasteiger partial charge is 0.497 e. The molecule has 94 valence electrons. The number of aliphatic hydroxyl groups is 1. The van der Waals surface area contributed by atoms with Gasteiger partial charge in [-0.2, -0.15) is 0 Å². The molecule has 18 heavy (non-hydrogen) atoms. The third-order valence-corrected chi connectivity index (χ3v) is 3.92. The van der Waals surface area contributed by atoms with Crippen LogP contribution < -0.4 is 9.47 Å². The summed E-state index contributed by atoms with van der Waals surface area (Å²) in [6.07, 6.45) is 1.68. The molecule has 0 saturated heterocycles. The number of benzene rings is 1. The van der Waals surface area contributed by atoms with E-state index in [0.29, 0.717) is 12.2 Å². The molecule has 0 bridgehead atoms. The molecule has 0 saturated carbocycles. The van der Waals surface area contributed by atoms with Crippen LogP contribution in [0.4, 0.5) is 0 Å². The third kappa shape index (κ3) is 1.95. The summed E-state index contributed by atoms with van der Waals surface area (Å²) in [5, 5.41) is 10.2. The Morgan fingerprint density at radius 1 is 1.50 bits per heavy atom. The Morgan fingerprint density at radius 3 is 3.11 bits per heavy atom. The summed E-state index contributed by atoms with van der Waals surface area (Å²) in [5.41, 5.74) is 2.56. The lowest BCUT2D eigenvalue weighted by Gasteiger charge is -2.29. The van der Waals surface area contributed by atoms with Crippen molar-refractivity contribution in [3.8, 4) is 11.5 Å². The summed E-state index contributed by atoms with van der Waals surface area (Å²) < 4.78 is 11.1. The van der Waals surface area contributed by atoms with Crippen LogP contribution in [0.5, 0.6) is 11.5 Å². The maximum atomic E-state index is 10.2. The maximum absolute atomic E-state index is 10.2. The van der Waals surface area contributed by atoms with Crippen molar-refractivity contribution in [1.82, 2.24) is 4.98 Å². The van der Waals surface area contributed by atoms with Gasteiger partial charge in [0, 0.05) is 18.2 Å². The van der Waals surface area contributed by atoms with Gasteiger partial charge in [-0.3, -0.25) is 4.98 Å². The SMILES string of the molecule is COc1ccc2c(c1)C(O)CC(c1cncs1)O2. The molecule has 2 unspecified atom stereocenters. The van der Waals surface area contributed by atoms with Crippen molar-refractivity contribution in [2.24, 2.45) is 0 Å². The molecule has 2 aromatic rings. The number of fused-ring (bicyclic) bond motifs is 1. The lowest BCUT2D eigenvalue weighted by molar-refractivity contribution is 0.0670. The first-order valence-electron chi connectivity index (χ1n) is 5.69. The monoisotopic (exact) mass is 263 g/mol. The molecule has 1 aliphatic heterocycles. The molecule has 0 radical (unpaired) electrons. The number of nitrogens with zero attached hydrogens (tertiary/aromatic N) is 1. The van der Waals surface area contributed by atoms with E-state index >= 15 is 0 Å². The van der Waals surface area contributed by atoms with E-state index < -0.39 is 6.10 Å². The fourth-order valence-electron chi connectivity index (χ4n) is 2.11. The molecule has 2 heterocycles. The van der Waals surface area contributed by atoms with Gasteiger partial charge in [-0.25, -0.2) is 0 Å². The third-order valence-electron chi connectivity index (χ3n) is 3.05. The zero-order valence-electron chi connectivity index (χ0n) is 9.87. The highest BCUT2D eigenvalue weighted by Crippen LogP contribution is 2.42. The van der Waals surface area contributed by atoms with Crippen LogP contribution in [-0.2, 0) is 0 Å². The highest BCUT2D eigenvalue weighted by atomic mass is 32.1. The number of rotatable bonds is 2. The van der Waals surface area contributed by atoms with Gasteiger partial charge in [0.1, 0.15) is 17.6 Å². The summed E-state index contributed by atoms with van der Waals surface area (Å²) >= 11 is 1.54. The average molecular weight is 263 g/mol. The van der Waals surface area contributed by atoms with Gasteiger partial charge in [0.2, 0.25) is 0 Å². The molecule has 3 rings (SSSR count). The van der Waals surface area contributed by atoms with Gasteiger partial charge in [-0.05, 0) is 18.2 Å². The zero-order chi connectivity index (χ0) is 12.5. The van der Waals surface area contributed by atoms with Crippen molar-refractivity contribution < 1.29 is 14.6 Å².